The van der Waals surface area contributed by atoms with E-state index in [-0.39, 0.29) is 22.8 Å². The summed E-state index contributed by atoms with van der Waals surface area (Å²) in [6.45, 7) is 3.21. The van der Waals surface area contributed by atoms with Crippen LogP contribution in [0.15, 0.2) is 28.5 Å². The smallest absolute Gasteiger partial charge is 0.253 e. The molecule has 5 rings (SSSR count). The van der Waals surface area contributed by atoms with Crippen molar-refractivity contribution in [3.63, 3.8) is 0 Å². The zero-order valence-corrected chi connectivity index (χ0v) is 22.3. The fraction of sp³-hybridized carbons (Fsp3) is 0.455. The van der Waals surface area contributed by atoms with Crippen LogP contribution in [0.1, 0.15) is 31.2 Å². The van der Waals surface area contributed by atoms with E-state index in [4.69, 9.17) is 32.9 Å². The highest BCUT2D eigenvalue weighted by molar-refractivity contribution is 7.91. The van der Waals surface area contributed by atoms with Crippen LogP contribution in [0.4, 0.5) is 5.13 Å². The third kappa shape index (κ3) is 4.50. The molecule has 2 atom stereocenters. The van der Waals surface area contributed by atoms with Crippen molar-refractivity contribution in [2.75, 3.05) is 24.6 Å². The number of amides is 1. The number of ether oxygens (including phenoxy) is 1. The van der Waals surface area contributed by atoms with E-state index in [2.05, 4.69) is 0 Å². The Morgan fingerprint density at radius 1 is 1.21 bits per heavy atom. The second-order valence-corrected chi connectivity index (χ2v) is 13.7. The number of halogens is 2. The molecule has 1 aromatic carbocycles. The van der Waals surface area contributed by atoms with Gasteiger partial charge in [-0.1, -0.05) is 40.6 Å². The summed E-state index contributed by atoms with van der Waals surface area (Å²) in [5, 5.41) is 1.09. The molecule has 0 N–H and O–H groups in total. The first-order chi connectivity index (χ1) is 16.3. The topological polar surface area (TPSA) is 79.8 Å². The van der Waals surface area contributed by atoms with Crippen molar-refractivity contribution in [3.8, 4) is 0 Å². The first-order valence-corrected chi connectivity index (χ1v) is 14.8. The Bertz CT molecular complexity index is 1300. The molecule has 182 valence electrons. The lowest BCUT2D eigenvalue weighted by atomic mass is 10.2. The Kier molecular flexibility index (Phi) is 6.93. The number of thiazole rings is 1. The normalized spacial score (nSPS) is 21.5. The molecule has 1 amide bonds. The van der Waals surface area contributed by atoms with Crippen molar-refractivity contribution in [1.29, 1.82) is 0 Å². The molecule has 12 heteroatoms. The molecule has 2 aromatic heterocycles. The van der Waals surface area contributed by atoms with Gasteiger partial charge in [0.25, 0.3) is 10.0 Å². The summed E-state index contributed by atoms with van der Waals surface area (Å²) >= 11 is 14.8. The average Bonchev–Trinajstić information content (AvgIpc) is 3.59. The van der Waals surface area contributed by atoms with Gasteiger partial charge < -0.3 is 4.74 Å². The number of aryl methyl sites for hydroxylation is 1. The van der Waals surface area contributed by atoms with Crippen molar-refractivity contribution >= 4 is 77.2 Å². The van der Waals surface area contributed by atoms with Gasteiger partial charge in [0.05, 0.1) is 32.2 Å². The van der Waals surface area contributed by atoms with Crippen LogP contribution < -0.4 is 4.90 Å². The van der Waals surface area contributed by atoms with Gasteiger partial charge in [-0.25, -0.2) is 13.4 Å². The van der Waals surface area contributed by atoms with Crippen molar-refractivity contribution in [1.82, 2.24) is 9.29 Å². The molecule has 2 unspecified atom stereocenters. The van der Waals surface area contributed by atoms with Crippen LogP contribution in [0.2, 0.25) is 9.36 Å². The molecule has 2 aliphatic heterocycles. The Morgan fingerprint density at radius 2 is 2.03 bits per heavy atom. The Labute approximate surface area is 216 Å². The van der Waals surface area contributed by atoms with E-state index in [0.717, 1.165) is 40.0 Å². The van der Waals surface area contributed by atoms with Crippen LogP contribution in [0.5, 0.6) is 0 Å². The van der Waals surface area contributed by atoms with Gasteiger partial charge in [0.15, 0.2) is 5.13 Å². The van der Waals surface area contributed by atoms with E-state index in [1.54, 1.807) is 11.0 Å². The summed E-state index contributed by atoms with van der Waals surface area (Å²) in [6.07, 6.45) is 2.71. The molecule has 2 aliphatic rings. The van der Waals surface area contributed by atoms with Crippen LogP contribution in [0.3, 0.4) is 0 Å². The number of nitrogens with zero attached hydrogens (tertiary/aromatic N) is 3. The van der Waals surface area contributed by atoms with Gasteiger partial charge in [0.2, 0.25) is 5.91 Å². The van der Waals surface area contributed by atoms with Crippen molar-refractivity contribution < 1.29 is 17.9 Å². The van der Waals surface area contributed by atoms with Crippen molar-refractivity contribution in [3.05, 3.63) is 39.2 Å². The van der Waals surface area contributed by atoms with Crippen LogP contribution in [0.25, 0.3) is 10.2 Å². The van der Waals surface area contributed by atoms with E-state index >= 15 is 0 Å². The molecular formula is C22H23Cl2N3O4S3. The Balaban J connectivity index is 1.51. The molecule has 2 fully saturated rings. The second-order valence-electron chi connectivity index (χ2n) is 8.45. The van der Waals surface area contributed by atoms with Crippen LogP contribution in [-0.2, 0) is 19.6 Å². The highest BCUT2D eigenvalue weighted by Gasteiger charge is 2.43. The van der Waals surface area contributed by atoms with E-state index in [1.165, 1.54) is 21.7 Å². The van der Waals surface area contributed by atoms with Gasteiger partial charge in [-0.3, -0.25) is 9.69 Å². The van der Waals surface area contributed by atoms with Gasteiger partial charge >= 0.3 is 0 Å². The number of hydrogen-bond acceptors (Lipinski definition) is 7. The zero-order valence-electron chi connectivity index (χ0n) is 18.4. The summed E-state index contributed by atoms with van der Waals surface area (Å²) in [4.78, 5) is 20.3. The van der Waals surface area contributed by atoms with Gasteiger partial charge in [-0.2, -0.15) is 4.31 Å². The summed E-state index contributed by atoms with van der Waals surface area (Å²) in [5.41, 5.74) is 1.72. The quantitative estimate of drug-likeness (QED) is 0.407. The minimum Gasteiger partial charge on any atom is -0.376 e. The van der Waals surface area contributed by atoms with Gasteiger partial charge in [-0.05, 0) is 56.4 Å². The van der Waals surface area contributed by atoms with E-state index in [9.17, 15) is 13.2 Å². The lowest BCUT2D eigenvalue weighted by Crippen LogP contribution is -2.49. The lowest BCUT2D eigenvalue weighted by molar-refractivity contribution is -0.122. The van der Waals surface area contributed by atoms with Gasteiger partial charge in [0, 0.05) is 13.2 Å². The van der Waals surface area contributed by atoms with Crippen LogP contribution >= 0.6 is 45.9 Å². The Morgan fingerprint density at radius 3 is 2.71 bits per heavy atom. The molecule has 0 bridgehead atoms. The lowest BCUT2D eigenvalue weighted by Gasteiger charge is -2.29. The maximum absolute atomic E-state index is 13.9. The van der Waals surface area contributed by atoms with Crippen molar-refractivity contribution in [2.24, 2.45) is 0 Å². The van der Waals surface area contributed by atoms with Gasteiger partial charge in [0.1, 0.15) is 10.3 Å². The van der Waals surface area contributed by atoms with Gasteiger partial charge in [-0.15, -0.1) is 11.3 Å². The van der Waals surface area contributed by atoms with E-state index in [1.807, 2.05) is 19.1 Å². The Hall–Kier alpha value is -1.27. The van der Waals surface area contributed by atoms with Crippen LogP contribution in [0, 0.1) is 6.92 Å². The summed E-state index contributed by atoms with van der Waals surface area (Å²) < 4.78 is 35.2. The minimum atomic E-state index is -3.84. The predicted molar refractivity (Wildman–Crippen MR) is 137 cm³/mol. The molecule has 4 heterocycles. The average molecular weight is 561 g/mol. The number of thiophene rings is 1. The third-order valence-electron chi connectivity index (χ3n) is 6.19. The van der Waals surface area contributed by atoms with E-state index < -0.39 is 16.1 Å². The molecule has 7 nitrogen and oxygen atoms in total. The highest BCUT2D eigenvalue weighted by atomic mass is 35.5. The largest absolute Gasteiger partial charge is 0.376 e. The first kappa shape index (κ1) is 24.4. The SMILES string of the molecule is Cc1ccc(Cl)c2sc(N(CC3CCCO3)C(=O)C3CCCN3S(=O)(=O)c3ccc(Cl)s3)nc12. The summed E-state index contributed by atoms with van der Waals surface area (Å²) in [5.74, 6) is -0.285. The number of hydrogen-bond donors (Lipinski definition) is 0. The molecular weight excluding hydrogens is 537 g/mol. The molecule has 0 saturated carbocycles. The number of benzene rings is 1. The number of carbonyl (C=O) groups excluding carboxylic acids is 1. The number of rotatable bonds is 6. The molecule has 0 aliphatic carbocycles. The molecule has 0 spiro atoms. The molecule has 0 radical (unpaired) electrons. The number of anilines is 1. The zero-order chi connectivity index (χ0) is 24.0. The number of fused-ring (bicyclic) bond motifs is 1. The maximum Gasteiger partial charge on any atom is 0.253 e. The van der Waals surface area contributed by atoms with E-state index in [0.29, 0.717) is 40.5 Å². The minimum absolute atomic E-state index is 0.116. The fourth-order valence-electron chi connectivity index (χ4n) is 4.47. The monoisotopic (exact) mass is 559 g/mol. The number of aromatic nitrogens is 1. The molecule has 3 aromatic rings. The molecule has 2 saturated heterocycles. The summed E-state index contributed by atoms with van der Waals surface area (Å²) in [7, 11) is -3.84. The second kappa shape index (κ2) is 9.65. The number of sulfonamides is 1. The van der Waals surface area contributed by atoms with Crippen LogP contribution in [-0.4, -0.2) is 55.5 Å². The summed E-state index contributed by atoms with van der Waals surface area (Å²) in [6, 6.07) is 5.96. The fourth-order valence-corrected chi connectivity index (χ4v) is 9.06. The standard InChI is InChI=1S/C22H23Cl2N3O4S3/c1-13-6-7-15(23)20-19(13)25-22(33-20)26(12-14-4-3-11-31-14)21(28)16-5-2-10-27(16)34(29,30)18-9-8-17(24)32-18/h6-9,14,16H,2-5,10-12H2,1H3. The maximum atomic E-state index is 13.9. The third-order valence-corrected chi connectivity index (χ3v) is 11.3. The number of carbonyl (C=O) groups is 1. The molecule has 34 heavy (non-hydrogen) atoms. The van der Waals surface area contributed by atoms with Crippen molar-refractivity contribution in [2.45, 2.75) is 49.0 Å². The first-order valence-electron chi connectivity index (χ1n) is 11.0. The predicted octanol–water partition coefficient (Wildman–Crippen LogP) is 5.34. The highest BCUT2D eigenvalue weighted by Crippen LogP contribution is 2.38.